The van der Waals surface area contributed by atoms with E-state index < -0.39 is 0 Å². The molecule has 0 aromatic carbocycles. The van der Waals surface area contributed by atoms with Crippen molar-refractivity contribution in [2.75, 3.05) is 57.8 Å². The molecule has 7 heteroatoms. The van der Waals surface area contributed by atoms with Crippen molar-refractivity contribution in [2.24, 2.45) is 0 Å². The normalized spacial score (nSPS) is 21.9. The van der Waals surface area contributed by atoms with Gasteiger partial charge in [-0.15, -0.1) is 5.10 Å². The molecule has 1 aliphatic carbocycles. The highest BCUT2D eigenvalue weighted by molar-refractivity contribution is 5.76. The predicted molar refractivity (Wildman–Crippen MR) is 101 cm³/mol. The third-order valence-electron chi connectivity index (χ3n) is 6.04. The van der Waals surface area contributed by atoms with Crippen LogP contribution in [-0.2, 0) is 17.6 Å². The highest BCUT2D eigenvalue weighted by atomic mass is 16.1. The van der Waals surface area contributed by atoms with Gasteiger partial charge in [0, 0.05) is 58.3 Å². The molecule has 2 fully saturated rings. The molecule has 3 heterocycles. The zero-order valence-electron chi connectivity index (χ0n) is 15.8. The molecule has 0 radical (unpaired) electrons. The molecule has 1 amide bonds. The van der Waals surface area contributed by atoms with Crippen molar-refractivity contribution in [3.05, 3.63) is 17.3 Å². The average Bonchev–Trinajstić information content (AvgIpc) is 2.83. The highest BCUT2D eigenvalue weighted by Crippen LogP contribution is 2.25. The first-order valence-electron chi connectivity index (χ1n) is 9.99. The van der Waals surface area contributed by atoms with Gasteiger partial charge in [-0.3, -0.25) is 14.6 Å². The van der Waals surface area contributed by atoms with E-state index in [0.717, 1.165) is 64.5 Å². The molecule has 0 unspecified atom stereocenters. The summed E-state index contributed by atoms with van der Waals surface area (Å²) in [4.78, 5) is 18.6. The standard InChI is InChI=1S/C19H30N6O/c1-23(10-11-24-8-6-19(26)20-7-9-24)16-13-25(14-16)18-12-15-4-2-3-5-17(15)21-22-18/h12,16H,2-11,13-14H2,1H3,(H,20,26). The van der Waals surface area contributed by atoms with Crippen molar-refractivity contribution >= 4 is 11.7 Å². The molecule has 7 nitrogen and oxygen atoms in total. The van der Waals surface area contributed by atoms with Crippen LogP contribution in [0.2, 0.25) is 0 Å². The van der Waals surface area contributed by atoms with Gasteiger partial charge in [0.2, 0.25) is 5.91 Å². The summed E-state index contributed by atoms with van der Waals surface area (Å²) in [6.45, 7) is 6.75. The van der Waals surface area contributed by atoms with E-state index in [2.05, 4.69) is 43.3 Å². The lowest BCUT2D eigenvalue weighted by Gasteiger charge is -2.45. The topological polar surface area (TPSA) is 64.6 Å². The Bertz CT molecular complexity index is 645. The molecule has 1 N–H and O–H groups in total. The molecule has 2 saturated heterocycles. The van der Waals surface area contributed by atoms with Gasteiger partial charge in [0.1, 0.15) is 0 Å². The van der Waals surface area contributed by atoms with Gasteiger partial charge in [0.05, 0.1) is 5.69 Å². The van der Waals surface area contributed by atoms with E-state index in [1.54, 1.807) is 0 Å². The third kappa shape index (κ3) is 3.99. The average molecular weight is 358 g/mol. The maximum atomic E-state index is 11.4. The van der Waals surface area contributed by atoms with Crippen LogP contribution in [0.25, 0.3) is 0 Å². The molecule has 0 bridgehead atoms. The smallest absolute Gasteiger partial charge is 0.221 e. The van der Waals surface area contributed by atoms with Crippen molar-refractivity contribution in [1.29, 1.82) is 0 Å². The fraction of sp³-hybridized carbons (Fsp3) is 0.737. The van der Waals surface area contributed by atoms with Crippen LogP contribution in [0.3, 0.4) is 0 Å². The highest BCUT2D eigenvalue weighted by Gasteiger charge is 2.31. The van der Waals surface area contributed by atoms with Crippen LogP contribution in [-0.4, -0.2) is 84.8 Å². The second kappa shape index (κ2) is 7.88. The van der Waals surface area contributed by atoms with E-state index in [1.165, 1.54) is 24.1 Å². The van der Waals surface area contributed by atoms with Crippen molar-refractivity contribution in [2.45, 2.75) is 38.1 Å². The Kier molecular flexibility index (Phi) is 5.36. The first-order chi connectivity index (χ1) is 12.7. The van der Waals surface area contributed by atoms with Gasteiger partial charge >= 0.3 is 0 Å². The van der Waals surface area contributed by atoms with Gasteiger partial charge in [-0.25, -0.2) is 0 Å². The van der Waals surface area contributed by atoms with E-state index in [-0.39, 0.29) is 5.91 Å². The van der Waals surface area contributed by atoms with E-state index in [9.17, 15) is 4.79 Å². The number of nitrogens with one attached hydrogen (secondary N) is 1. The number of hydrogen-bond donors (Lipinski definition) is 1. The Morgan fingerprint density at radius 2 is 2.04 bits per heavy atom. The SMILES string of the molecule is CN(CCN1CCNC(=O)CC1)C1CN(c2cc3c(nn2)CCCC3)C1. The van der Waals surface area contributed by atoms with Gasteiger partial charge in [-0.05, 0) is 44.4 Å². The summed E-state index contributed by atoms with van der Waals surface area (Å²) in [5, 5.41) is 11.9. The maximum absolute atomic E-state index is 11.4. The van der Waals surface area contributed by atoms with E-state index in [0.29, 0.717) is 12.5 Å². The first kappa shape index (κ1) is 17.7. The minimum absolute atomic E-state index is 0.182. The number of aryl methyl sites for hydroxylation is 2. The first-order valence-corrected chi connectivity index (χ1v) is 9.99. The number of likely N-dealkylation sites (N-methyl/N-ethyl adjacent to an activating group) is 1. The number of carbonyl (C=O) groups excluding carboxylic acids is 1. The molecular weight excluding hydrogens is 328 g/mol. The third-order valence-corrected chi connectivity index (χ3v) is 6.04. The van der Waals surface area contributed by atoms with Crippen LogP contribution >= 0.6 is 0 Å². The Balaban J connectivity index is 1.23. The van der Waals surface area contributed by atoms with Gasteiger partial charge < -0.3 is 10.2 Å². The molecule has 2 aliphatic heterocycles. The van der Waals surface area contributed by atoms with Crippen LogP contribution < -0.4 is 10.2 Å². The molecular formula is C19H30N6O. The molecule has 1 aromatic rings. The van der Waals surface area contributed by atoms with Gasteiger partial charge in [-0.2, -0.15) is 5.10 Å². The van der Waals surface area contributed by atoms with Crippen LogP contribution in [0.5, 0.6) is 0 Å². The lowest BCUT2D eigenvalue weighted by Crippen LogP contribution is -2.59. The number of aromatic nitrogens is 2. The summed E-state index contributed by atoms with van der Waals surface area (Å²) in [6.07, 6.45) is 5.39. The second-order valence-electron chi connectivity index (χ2n) is 7.86. The zero-order chi connectivity index (χ0) is 17.9. The molecule has 4 rings (SSSR count). The molecule has 26 heavy (non-hydrogen) atoms. The summed E-state index contributed by atoms with van der Waals surface area (Å²) in [6, 6.07) is 2.85. The van der Waals surface area contributed by atoms with Crippen molar-refractivity contribution in [1.82, 2.24) is 25.3 Å². The lowest BCUT2D eigenvalue weighted by molar-refractivity contribution is -0.120. The number of amides is 1. The molecule has 3 aliphatic rings. The summed E-state index contributed by atoms with van der Waals surface area (Å²) in [7, 11) is 2.21. The quantitative estimate of drug-likeness (QED) is 0.817. The largest absolute Gasteiger partial charge is 0.355 e. The van der Waals surface area contributed by atoms with Crippen LogP contribution in [0.15, 0.2) is 6.07 Å². The number of anilines is 1. The Morgan fingerprint density at radius 3 is 2.92 bits per heavy atom. The summed E-state index contributed by atoms with van der Waals surface area (Å²) in [5.74, 6) is 1.23. The predicted octanol–water partition coefficient (Wildman–Crippen LogP) is 0.298. The number of hydrogen-bond acceptors (Lipinski definition) is 6. The van der Waals surface area contributed by atoms with E-state index >= 15 is 0 Å². The van der Waals surface area contributed by atoms with Crippen molar-refractivity contribution in [3.8, 4) is 0 Å². The molecule has 0 atom stereocenters. The zero-order valence-corrected chi connectivity index (χ0v) is 15.8. The van der Waals surface area contributed by atoms with Gasteiger partial charge in [0.25, 0.3) is 0 Å². The number of nitrogens with zero attached hydrogens (tertiary/aromatic N) is 5. The molecule has 0 saturated carbocycles. The van der Waals surface area contributed by atoms with Crippen LogP contribution in [0.1, 0.15) is 30.5 Å². The Hall–Kier alpha value is -1.73. The van der Waals surface area contributed by atoms with E-state index in [4.69, 9.17) is 0 Å². The number of carbonyl (C=O) groups is 1. The Morgan fingerprint density at radius 1 is 1.19 bits per heavy atom. The monoisotopic (exact) mass is 358 g/mol. The van der Waals surface area contributed by atoms with Crippen LogP contribution in [0, 0.1) is 0 Å². The summed E-state index contributed by atoms with van der Waals surface area (Å²) >= 11 is 0. The molecule has 1 aromatic heterocycles. The minimum atomic E-state index is 0.182. The van der Waals surface area contributed by atoms with Gasteiger partial charge in [-0.1, -0.05) is 0 Å². The second-order valence-corrected chi connectivity index (χ2v) is 7.86. The fourth-order valence-corrected chi connectivity index (χ4v) is 4.07. The Labute approximate surface area is 155 Å². The summed E-state index contributed by atoms with van der Waals surface area (Å²) < 4.78 is 0. The van der Waals surface area contributed by atoms with E-state index in [1.807, 2.05) is 0 Å². The fourth-order valence-electron chi connectivity index (χ4n) is 4.07. The number of fused-ring (bicyclic) bond motifs is 1. The number of rotatable bonds is 5. The maximum Gasteiger partial charge on any atom is 0.221 e. The lowest BCUT2D eigenvalue weighted by atomic mass is 9.96. The van der Waals surface area contributed by atoms with Gasteiger partial charge in [0.15, 0.2) is 5.82 Å². The van der Waals surface area contributed by atoms with Crippen LogP contribution in [0.4, 0.5) is 5.82 Å². The molecule has 142 valence electrons. The van der Waals surface area contributed by atoms with Crippen molar-refractivity contribution in [3.63, 3.8) is 0 Å². The summed E-state index contributed by atoms with van der Waals surface area (Å²) in [5.41, 5.74) is 2.61. The minimum Gasteiger partial charge on any atom is -0.355 e. The van der Waals surface area contributed by atoms with Crippen molar-refractivity contribution < 1.29 is 4.79 Å². The molecule has 0 spiro atoms.